The molecule has 0 aliphatic carbocycles. The van der Waals surface area contributed by atoms with Crippen LogP contribution in [0.3, 0.4) is 0 Å². The molecule has 0 aliphatic heterocycles. The largest absolute Gasteiger partial charge is 0.507 e. The lowest BCUT2D eigenvalue weighted by Crippen LogP contribution is -1.86. The number of benzene rings is 4. The number of halogens is 1. The van der Waals surface area contributed by atoms with Crippen molar-refractivity contribution in [1.82, 2.24) is 0 Å². The lowest BCUT2D eigenvalue weighted by Gasteiger charge is -2.14. The van der Waals surface area contributed by atoms with Crippen molar-refractivity contribution >= 4 is 47.0 Å². The molecule has 0 atom stereocenters. The first-order valence-corrected chi connectivity index (χ1v) is 9.14. The molecule has 0 bridgehead atoms. The van der Waals surface area contributed by atoms with Gasteiger partial charge >= 0.3 is 0 Å². The van der Waals surface area contributed by atoms with Crippen LogP contribution in [-0.2, 0) is 0 Å². The number of aromatic hydroxyl groups is 2. The fourth-order valence-corrected chi connectivity index (χ4v) is 3.05. The van der Waals surface area contributed by atoms with Crippen molar-refractivity contribution in [2.45, 2.75) is 0 Å². The van der Waals surface area contributed by atoms with Gasteiger partial charge in [-0.15, -0.1) is 0 Å². The zero-order valence-corrected chi connectivity index (χ0v) is 14.7. The molecule has 0 aliphatic rings. The van der Waals surface area contributed by atoms with Crippen LogP contribution in [0.5, 0.6) is 11.5 Å². The van der Waals surface area contributed by atoms with Gasteiger partial charge < -0.3 is 10.2 Å². The second-order valence-corrected chi connectivity index (χ2v) is 5.36. The molecule has 0 amide bonds. The van der Waals surface area contributed by atoms with E-state index in [1.165, 1.54) is 0 Å². The van der Waals surface area contributed by atoms with Crippen LogP contribution < -0.4 is 0 Å². The molecule has 0 heterocycles. The van der Waals surface area contributed by atoms with Gasteiger partial charge in [0, 0.05) is 11.1 Å². The number of hydrogen-bond acceptors (Lipinski definition) is 2. The Morgan fingerprint density at radius 1 is 0.542 bits per heavy atom. The molecule has 0 spiro atoms. The molecule has 0 aromatic heterocycles. The zero-order valence-electron chi connectivity index (χ0n) is 12.8. The normalized spacial score (nSPS) is 10.4. The Bertz CT molecular complexity index is 931. The average molecular weight is 349 g/mol. The van der Waals surface area contributed by atoms with E-state index in [2.05, 4.69) is 10.0 Å². The molecule has 2 N–H and O–H groups in total. The van der Waals surface area contributed by atoms with Crippen molar-refractivity contribution in [3.05, 3.63) is 72.8 Å². The van der Waals surface area contributed by atoms with Crippen LogP contribution in [-0.4, -0.2) is 25.6 Å². The molecule has 4 aromatic rings. The Labute approximate surface area is 152 Å². The third-order valence-corrected chi connectivity index (χ3v) is 4.06. The molecule has 0 saturated heterocycles. The molecule has 4 aromatic carbocycles. The summed E-state index contributed by atoms with van der Waals surface area (Å²) in [4.78, 5) is 0. The van der Waals surface area contributed by atoms with Crippen molar-refractivity contribution in [2.24, 2.45) is 0 Å². The zero-order chi connectivity index (χ0) is 17.1. The van der Waals surface area contributed by atoms with Gasteiger partial charge in [-0.05, 0) is 33.7 Å². The second kappa shape index (κ2) is 7.15. The Morgan fingerprint density at radius 3 is 1.33 bits per heavy atom. The minimum Gasteiger partial charge on any atom is -0.507 e. The quantitative estimate of drug-likeness (QED) is 0.453. The minimum atomic E-state index is 0.172. The molecule has 0 fully saturated rings. The van der Waals surface area contributed by atoms with E-state index < -0.39 is 0 Å². The number of phenolic OH excluding ortho intramolecular Hbond substituents is 2. The van der Waals surface area contributed by atoms with Crippen molar-refractivity contribution in [3.8, 4) is 22.6 Å². The van der Waals surface area contributed by atoms with Crippen LogP contribution in [0.15, 0.2) is 72.8 Å². The Kier molecular flexibility index (Phi) is 4.97. The number of fused-ring (bicyclic) bond motifs is 2. The SMILES string of the molecule is Oc1ccc2ccccc2c1-c1c(O)ccc2ccccc12.[Al][Cl]. The van der Waals surface area contributed by atoms with Gasteiger partial charge in [-0.25, -0.2) is 0 Å². The molecule has 24 heavy (non-hydrogen) atoms. The van der Waals surface area contributed by atoms with Gasteiger partial charge in [0.2, 0.25) is 0 Å². The smallest absolute Gasteiger partial charge is 0.293 e. The summed E-state index contributed by atoms with van der Waals surface area (Å²) in [5.74, 6) is 0.343. The first-order valence-electron chi connectivity index (χ1n) is 7.39. The van der Waals surface area contributed by atoms with E-state index in [0.29, 0.717) is 11.1 Å². The third kappa shape index (κ3) is 2.83. The van der Waals surface area contributed by atoms with Crippen molar-refractivity contribution < 1.29 is 10.2 Å². The van der Waals surface area contributed by atoms with Crippen molar-refractivity contribution in [3.63, 3.8) is 0 Å². The molecule has 4 rings (SSSR count). The standard InChI is InChI=1S/C20H14O2.Al.ClH/c21-17-11-9-13-5-1-3-7-15(13)19(17)20-16-8-4-2-6-14(16)10-12-18(20)22;;/h1-12,21-22H;;1H/q;+1;/p-1. The summed E-state index contributed by atoms with van der Waals surface area (Å²) in [7, 11) is 4.56. The maximum atomic E-state index is 10.4. The highest BCUT2D eigenvalue weighted by atomic mass is 35.6. The fraction of sp³-hybridized carbons (Fsp3) is 0. The maximum absolute atomic E-state index is 10.4. The van der Waals surface area contributed by atoms with Crippen LogP contribution in [0.1, 0.15) is 0 Å². The second-order valence-electron chi connectivity index (χ2n) is 5.36. The number of rotatable bonds is 1. The Hall–Kier alpha value is -2.18. The van der Waals surface area contributed by atoms with Gasteiger partial charge in [0.1, 0.15) is 11.5 Å². The highest BCUT2D eigenvalue weighted by Crippen LogP contribution is 2.44. The molecule has 0 unspecified atom stereocenters. The average Bonchev–Trinajstić information content (AvgIpc) is 2.64. The summed E-state index contributed by atoms with van der Waals surface area (Å²) < 4.78 is 0. The maximum Gasteiger partial charge on any atom is 0.293 e. The number of hydrogen-bond donors (Lipinski definition) is 2. The van der Waals surface area contributed by atoms with Crippen molar-refractivity contribution in [1.29, 1.82) is 0 Å². The Balaban J connectivity index is 0.000000815. The van der Waals surface area contributed by atoms with E-state index in [0.717, 1.165) is 21.5 Å². The highest BCUT2D eigenvalue weighted by Gasteiger charge is 2.16. The highest BCUT2D eigenvalue weighted by molar-refractivity contribution is 6.80. The van der Waals surface area contributed by atoms with Gasteiger partial charge in [0.15, 0.2) is 0 Å². The molecular formula is C20H14AlClO2. The van der Waals surface area contributed by atoms with Crippen LogP contribution in [0.25, 0.3) is 32.7 Å². The first-order chi connectivity index (χ1) is 11.8. The predicted molar refractivity (Wildman–Crippen MR) is 102 cm³/mol. The van der Waals surface area contributed by atoms with Gasteiger partial charge in [0.25, 0.3) is 15.4 Å². The minimum absolute atomic E-state index is 0.172. The van der Waals surface area contributed by atoms with Crippen LogP contribution >= 0.6 is 10.0 Å². The fourth-order valence-electron chi connectivity index (χ4n) is 3.05. The third-order valence-electron chi connectivity index (χ3n) is 4.06. The monoisotopic (exact) mass is 348 g/mol. The summed E-state index contributed by atoms with van der Waals surface area (Å²) in [5, 5.41) is 24.8. The van der Waals surface area contributed by atoms with E-state index in [1.54, 1.807) is 12.1 Å². The summed E-state index contributed by atoms with van der Waals surface area (Å²) in [6.45, 7) is 0. The molecule has 116 valence electrons. The summed E-state index contributed by atoms with van der Waals surface area (Å²) in [6.07, 6.45) is 0. The molecule has 2 radical (unpaired) electrons. The predicted octanol–water partition coefficient (Wildman–Crippen LogP) is 5.38. The number of phenols is 2. The summed E-state index contributed by atoms with van der Waals surface area (Å²) in [6, 6.07) is 22.9. The molecule has 0 saturated carbocycles. The topological polar surface area (TPSA) is 40.5 Å². The Morgan fingerprint density at radius 2 is 0.917 bits per heavy atom. The molecular weight excluding hydrogens is 335 g/mol. The van der Waals surface area contributed by atoms with Gasteiger partial charge in [-0.3, -0.25) is 10.0 Å². The van der Waals surface area contributed by atoms with E-state index in [4.69, 9.17) is 0 Å². The lowest BCUT2D eigenvalue weighted by atomic mass is 9.92. The first kappa shape index (κ1) is 16.7. The molecule has 2 nitrogen and oxygen atoms in total. The van der Waals surface area contributed by atoms with Crippen LogP contribution in [0.2, 0.25) is 0 Å². The molecule has 4 heteroatoms. The van der Waals surface area contributed by atoms with E-state index in [1.807, 2.05) is 76.0 Å². The van der Waals surface area contributed by atoms with Gasteiger partial charge in [0.05, 0.1) is 0 Å². The van der Waals surface area contributed by atoms with Gasteiger partial charge in [-0.2, -0.15) is 0 Å². The van der Waals surface area contributed by atoms with Crippen molar-refractivity contribution in [2.75, 3.05) is 0 Å². The lowest BCUT2D eigenvalue weighted by molar-refractivity contribution is 0.470. The van der Waals surface area contributed by atoms with Gasteiger partial charge in [-0.1, -0.05) is 60.7 Å². The van der Waals surface area contributed by atoms with Crippen LogP contribution in [0, 0.1) is 0 Å². The van der Waals surface area contributed by atoms with Crippen LogP contribution in [0.4, 0.5) is 0 Å². The van der Waals surface area contributed by atoms with E-state index in [-0.39, 0.29) is 11.5 Å². The van der Waals surface area contributed by atoms with E-state index in [9.17, 15) is 10.2 Å². The summed E-state index contributed by atoms with van der Waals surface area (Å²) >= 11 is 1.89. The summed E-state index contributed by atoms with van der Waals surface area (Å²) in [5.41, 5.74) is 1.35. The van der Waals surface area contributed by atoms with E-state index >= 15 is 0 Å².